The molecule has 0 saturated carbocycles. The van der Waals surface area contributed by atoms with Crippen LogP contribution in [0.1, 0.15) is 27.8 Å². The fraction of sp³-hybridized carbons (Fsp3) is 0.0741. The van der Waals surface area contributed by atoms with E-state index in [9.17, 15) is 14.4 Å². The zero-order chi connectivity index (χ0) is 25.2. The number of hydrazine groups is 1. The minimum atomic E-state index is -0.641. The molecule has 3 aromatic carbocycles. The number of aryl methyl sites for hydroxylation is 1. The van der Waals surface area contributed by atoms with Gasteiger partial charge in [0.25, 0.3) is 17.4 Å². The molecule has 0 spiro atoms. The highest BCUT2D eigenvalue weighted by Gasteiger charge is 2.19. The lowest BCUT2D eigenvalue weighted by Crippen LogP contribution is -2.43. The SMILES string of the molecule is CCn1nc(C(=O)NNC(=O)c2cc(-c3ccc(Cl)cc3)nc3ccccc23)c2ccccc2c1=O. The first-order valence-electron chi connectivity index (χ1n) is 11.2. The van der Waals surface area contributed by atoms with E-state index in [0.717, 1.165) is 5.56 Å². The second kappa shape index (κ2) is 9.59. The maximum Gasteiger partial charge on any atom is 0.290 e. The van der Waals surface area contributed by atoms with Crippen LogP contribution in [0.25, 0.3) is 32.9 Å². The highest BCUT2D eigenvalue weighted by atomic mass is 35.5. The lowest BCUT2D eigenvalue weighted by atomic mass is 10.0. The number of hydrogen-bond donors (Lipinski definition) is 2. The second-order valence-corrected chi connectivity index (χ2v) is 8.44. The van der Waals surface area contributed by atoms with E-state index in [0.29, 0.717) is 44.5 Å². The van der Waals surface area contributed by atoms with Gasteiger partial charge in [0, 0.05) is 27.9 Å². The summed E-state index contributed by atoms with van der Waals surface area (Å²) in [5.41, 5.74) is 7.01. The first-order valence-corrected chi connectivity index (χ1v) is 11.6. The van der Waals surface area contributed by atoms with Crippen LogP contribution < -0.4 is 16.4 Å². The molecule has 2 aromatic heterocycles. The Balaban J connectivity index is 1.47. The van der Waals surface area contributed by atoms with E-state index in [2.05, 4.69) is 20.9 Å². The average molecular weight is 498 g/mol. The third-order valence-corrected chi connectivity index (χ3v) is 6.02. The summed E-state index contributed by atoms with van der Waals surface area (Å²) < 4.78 is 1.22. The molecule has 178 valence electrons. The predicted octanol–water partition coefficient (Wildman–Crippen LogP) is 4.36. The number of nitrogens with zero attached hydrogens (tertiary/aromatic N) is 3. The van der Waals surface area contributed by atoms with Gasteiger partial charge in [-0.3, -0.25) is 25.2 Å². The summed E-state index contributed by atoms with van der Waals surface area (Å²) in [6.45, 7) is 2.06. The molecule has 2 amide bonds. The summed E-state index contributed by atoms with van der Waals surface area (Å²) >= 11 is 6.01. The van der Waals surface area contributed by atoms with Crippen molar-refractivity contribution in [3.05, 3.63) is 105 Å². The van der Waals surface area contributed by atoms with Gasteiger partial charge in [0.15, 0.2) is 5.69 Å². The molecule has 0 aliphatic carbocycles. The molecule has 0 saturated heterocycles. The zero-order valence-electron chi connectivity index (χ0n) is 19.2. The number of benzene rings is 3. The molecule has 0 atom stereocenters. The van der Waals surface area contributed by atoms with Crippen molar-refractivity contribution in [1.82, 2.24) is 25.6 Å². The predicted molar refractivity (Wildman–Crippen MR) is 139 cm³/mol. The molecule has 5 aromatic rings. The average Bonchev–Trinajstić information content (AvgIpc) is 2.91. The van der Waals surface area contributed by atoms with E-state index in [4.69, 9.17) is 11.6 Å². The topological polar surface area (TPSA) is 106 Å². The van der Waals surface area contributed by atoms with Gasteiger partial charge in [0.2, 0.25) is 0 Å². The van der Waals surface area contributed by atoms with Crippen LogP contribution in [-0.4, -0.2) is 26.6 Å². The van der Waals surface area contributed by atoms with Crippen molar-refractivity contribution < 1.29 is 9.59 Å². The first-order chi connectivity index (χ1) is 17.5. The van der Waals surface area contributed by atoms with Crippen LogP contribution in [0.5, 0.6) is 0 Å². The summed E-state index contributed by atoms with van der Waals surface area (Å²) in [5.74, 6) is -1.16. The molecule has 0 aliphatic heterocycles. The van der Waals surface area contributed by atoms with Crippen LogP contribution in [0, 0.1) is 0 Å². The van der Waals surface area contributed by atoms with Crippen LogP contribution in [0.15, 0.2) is 83.7 Å². The Morgan fingerprint density at radius 2 is 1.50 bits per heavy atom. The quantitative estimate of drug-likeness (QED) is 0.359. The maximum absolute atomic E-state index is 13.2. The number of pyridine rings is 1. The highest BCUT2D eigenvalue weighted by Crippen LogP contribution is 2.26. The summed E-state index contributed by atoms with van der Waals surface area (Å²) in [7, 11) is 0. The van der Waals surface area contributed by atoms with Gasteiger partial charge in [-0.25, -0.2) is 9.67 Å². The first kappa shape index (κ1) is 23.2. The van der Waals surface area contributed by atoms with Crippen molar-refractivity contribution in [1.29, 1.82) is 0 Å². The highest BCUT2D eigenvalue weighted by molar-refractivity contribution is 6.30. The Labute approximate surface area is 210 Å². The van der Waals surface area contributed by atoms with Gasteiger partial charge in [-0.15, -0.1) is 0 Å². The second-order valence-electron chi connectivity index (χ2n) is 8.00. The fourth-order valence-electron chi connectivity index (χ4n) is 3.99. The van der Waals surface area contributed by atoms with Gasteiger partial charge < -0.3 is 0 Å². The Hall–Kier alpha value is -4.56. The minimum absolute atomic E-state index is 0.0359. The molecule has 0 bridgehead atoms. The van der Waals surface area contributed by atoms with Crippen LogP contribution in [-0.2, 0) is 6.54 Å². The maximum atomic E-state index is 13.2. The summed E-state index contributed by atoms with van der Waals surface area (Å²) in [5, 5.41) is 6.20. The zero-order valence-corrected chi connectivity index (χ0v) is 19.9. The number of carbonyl (C=O) groups excluding carboxylic acids is 2. The Morgan fingerprint density at radius 3 is 2.22 bits per heavy atom. The van der Waals surface area contributed by atoms with Gasteiger partial charge in [-0.1, -0.05) is 60.1 Å². The van der Waals surface area contributed by atoms with Crippen molar-refractivity contribution in [3.8, 4) is 11.3 Å². The van der Waals surface area contributed by atoms with Crippen molar-refractivity contribution in [2.24, 2.45) is 0 Å². The molecule has 5 rings (SSSR count). The number of aromatic nitrogens is 3. The van der Waals surface area contributed by atoms with Crippen LogP contribution in [0.4, 0.5) is 0 Å². The molecule has 2 N–H and O–H groups in total. The van der Waals surface area contributed by atoms with Gasteiger partial charge in [-0.2, -0.15) is 5.10 Å². The minimum Gasteiger partial charge on any atom is -0.267 e. The molecule has 0 unspecified atom stereocenters. The van der Waals surface area contributed by atoms with Gasteiger partial charge in [0.1, 0.15) is 0 Å². The third-order valence-electron chi connectivity index (χ3n) is 5.77. The number of rotatable bonds is 4. The number of carbonyl (C=O) groups is 2. The molecule has 36 heavy (non-hydrogen) atoms. The number of para-hydroxylation sites is 1. The van der Waals surface area contributed by atoms with E-state index in [1.165, 1.54) is 4.68 Å². The molecule has 0 aliphatic rings. The largest absolute Gasteiger partial charge is 0.290 e. The molecule has 0 radical (unpaired) electrons. The van der Waals surface area contributed by atoms with E-state index in [1.807, 2.05) is 30.3 Å². The van der Waals surface area contributed by atoms with Crippen LogP contribution >= 0.6 is 11.6 Å². The van der Waals surface area contributed by atoms with E-state index < -0.39 is 11.8 Å². The van der Waals surface area contributed by atoms with Gasteiger partial charge in [0.05, 0.1) is 22.2 Å². The summed E-state index contributed by atoms with van der Waals surface area (Å²) in [4.78, 5) is 43.5. The molecule has 9 heteroatoms. The van der Waals surface area contributed by atoms with Crippen LogP contribution in [0.3, 0.4) is 0 Å². The molecule has 8 nitrogen and oxygen atoms in total. The molecular weight excluding hydrogens is 478 g/mol. The number of nitrogens with one attached hydrogen (secondary N) is 2. The monoisotopic (exact) mass is 497 g/mol. The fourth-order valence-corrected chi connectivity index (χ4v) is 4.12. The summed E-state index contributed by atoms with van der Waals surface area (Å²) in [6.07, 6.45) is 0. The van der Waals surface area contributed by atoms with Gasteiger partial charge in [-0.05, 0) is 37.3 Å². The normalized spacial score (nSPS) is 10.9. The Bertz CT molecular complexity index is 1700. The van der Waals surface area contributed by atoms with E-state index in [1.54, 1.807) is 55.5 Å². The van der Waals surface area contributed by atoms with E-state index in [-0.39, 0.29) is 11.3 Å². The summed E-state index contributed by atoms with van der Waals surface area (Å²) in [6, 6.07) is 22.8. The third kappa shape index (κ3) is 4.30. The molecule has 2 heterocycles. The number of halogens is 1. The van der Waals surface area contributed by atoms with Crippen molar-refractivity contribution >= 4 is 45.1 Å². The molecule has 0 fully saturated rings. The lowest BCUT2D eigenvalue weighted by Gasteiger charge is -2.13. The van der Waals surface area contributed by atoms with E-state index >= 15 is 0 Å². The number of fused-ring (bicyclic) bond motifs is 2. The van der Waals surface area contributed by atoms with Gasteiger partial charge >= 0.3 is 0 Å². The number of amides is 2. The Morgan fingerprint density at radius 1 is 0.861 bits per heavy atom. The smallest absolute Gasteiger partial charge is 0.267 e. The molecular formula is C27H20ClN5O3. The lowest BCUT2D eigenvalue weighted by molar-refractivity contribution is 0.0844. The Kier molecular flexibility index (Phi) is 6.18. The van der Waals surface area contributed by atoms with Crippen molar-refractivity contribution in [2.75, 3.05) is 0 Å². The van der Waals surface area contributed by atoms with Crippen molar-refractivity contribution in [3.63, 3.8) is 0 Å². The standard InChI is InChI=1S/C27H20ClN5O3/c1-2-33-27(36)20-9-4-3-8-19(20)24(32-33)26(35)31-30-25(34)21-15-23(16-11-13-17(28)14-12-16)29-22-10-6-5-7-18(21)22/h3-15H,2H2,1H3,(H,30,34)(H,31,35). The van der Waals surface area contributed by atoms with Crippen molar-refractivity contribution in [2.45, 2.75) is 13.5 Å². The van der Waals surface area contributed by atoms with Crippen LogP contribution in [0.2, 0.25) is 5.02 Å². The number of hydrogen-bond acceptors (Lipinski definition) is 5.